The first-order valence-electron chi connectivity index (χ1n) is 6.39. The fraction of sp³-hybridized carbons (Fsp3) is 0.333. The van der Waals surface area contributed by atoms with Gasteiger partial charge in [-0.25, -0.2) is 4.79 Å². The first kappa shape index (κ1) is 15.8. The average Bonchev–Trinajstić information content (AvgIpc) is 2.80. The summed E-state index contributed by atoms with van der Waals surface area (Å²) in [6.45, 7) is 3.02. The van der Waals surface area contributed by atoms with Crippen LogP contribution in [0.1, 0.15) is 19.4 Å². The number of amides is 1. The molecule has 2 aromatic rings. The van der Waals surface area contributed by atoms with Gasteiger partial charge in [-0.3, -0.25) is 4.79 Å². The summed E-state index contributed by atoms with van der Waals surface area (Å²) in [6, 6.07) is 5.56. The maximum absolute atomic E-state index is 12.3. The van der Waals surface area contributed by atoms with Crippen LogP contribution in [0.5, 0.6) is 0 Å². The van der Waals surface area contributed by atoms with Gasteiger partial charge in [0.1, 0.15) is 5.54 Å². The molecule has 0 aliphatic heterocycles. The van der Waals surface area contributed by atoms with Gasteiger partial charge in [-0.15, -0.1) is 11.3 Å². The predicted octanol–water partition coefficient (Wildman–Crippen LogP) is 3.42. The Morgan fingerprint density at radius 3 is 2.67 bits per heavy atom. The SMILES string of the molecule is CN(C(=O)Cc1csc2ccc(Cl)cc12)C(C)(C)C(=O)O. The number of carboxylic acid groups (broad SMARTS) is 1. The molecule has 0 fully saturated rings. The smallest absolute Gasteiger partial charge is 0.329 e. The molecule has 1 aromatic carbocycles. The quantitative estimate of drug-likeness (QED) is 0.937. The molecule has 1 N–H and O–H groups in total. The highest BCUT2D eigenvalue weighted by Crippen LogP contribution is 2.29. The first-order chi connectivity index (χ1) is 9.73. The lowest BCUT2D eigenvalue weighted by molar-refractivity contribution is -0.155. The van der Waals surface area contributed by atoms with Crippen molar-refractivity contribution in [3.63, 3.8) is 0 Å². The van der Waals surface area contributed by atoms with Crippen molar-refractivity contribution >= 4 is 44.9 Å². The highest BCUT2D eigenvalue weighted by Gasteiger charge is 2.35. The highest BCUT2D eigenvalue weighted by atomic mass is 35.5. The second-order valence-corrected chi connectivity index (χ2v) is 6.74. The third-order valence-electron chi connectivity index (χ3n) is 3.69. The lowest BCUT2D eigenvalue weighted by Crippen LogP contribution is -2.51. The molecule has 2 rings (SSSR count). The molecule has 6 heteroatoms. The molecule has 0 atom stereocenters. The fourth-order valence-corrected chi connectivity index (χ4v) is 3.04. The van der Waals surface area contributed by atoms with Crippen LogP contribution in [0.25, 0.3) is 10.1 Å². The number of carbonyl (C=O) groups is 2. The van der Waals surface area contributed by atoms with E-state index in [2.05, 4.69) is 0 Å². The van der Waals surface area contributed by atoms with E-state index in [1.165, 1.54) is 25.8 Å². The van der Waals surface area contributed by atoms with Crippen LogP contribution in [0, 0.1) is 0 Å². The largest absolute Gasteiger partial charge is 0.480 e. The molecule has 0 aliphatic carbocycles. The van der Waals surface area contributed by atoms with Crippen LogP contribution < -0.4 is 0 Å². The summed E-state index contributed by atoms with van der Waals surface area (Å²) in [5.41, 5.74) is -0.365. The van der Waals surface area contributed by atoms with Crippen LogP contribution in [0.2, 0.25) is 5.02 Å². The van der Waals surface area contributed by atoms with E-state index in [1.54, 1.807) is 11.3 Å². The molecule has 21 heavy (non-hydrogen) atoms. The standard InChI is InChI=1S/C15H16ClNO3S/c1-15(2,14(19)20)17(3)13(18)6-9-8-21-12-5-4-10(16)7-11(9)12/h4-5,7-8H,6H2,1-3H3,(H,19,20). The van der Waals surface area contributed by atoms with E-state index in [4.69, 9.17) is 11.6 Å². The summed E-state index contributed by atoms with van der Waals surface area (Å²) in [5.74, 6) is -1.27. The Morgan fingerprint density at radius 2 is 2.05 bits per heavy atom. The van der Waals surface area contributed by atoms with Gasteiger partial charge in [0, 0.05) is 16.8 Å². The van der Waals surface area contributed by atoms with E-state index < -0.39 is 11.5 Å². The van der Waals surface area contributed by atoms with Gasteiger partial charge in [0.15, 0.2) is 0 Å². The number of hydrogen-bond donors (Lipinski definition) is 1. The van der Waals surface area contributed by atoms with E-state index in [1.807, 2.05) is 23.6 Å². The lowest BCUT2D eigenvalue weighted by Gasteiger charge is -2.31. The monoisotopic (exact) mass is 325 g/mol. The van der Waals surface area contributed by atoms with E-state index in [0.717, 1.165) is 15.6 Å². The molecule has 1 aromatic heterocycles. The molecule has 0 saturated carbocycles. The Bertz CT molecular complexity index is 708. The average molecular weight is 326 g/mol. The van der Waals surface area contributed by atoms with Crippen LogP contribution in [0.15, 0.2) is 23.6 Å². The van der Waals surface area contributed by atoms with Crippen molar-refractivity contribution in [2.75, 3.05) is 7.05 Å². The summed E-state index contributed by atoms with van der Waals surface area (Å²) >= 11 is 7.54. The summed E-state index contributed by atoms with van der Waals surface area (Å²) in [6.07, 6.45) is 0.160. The zero-order chi connectivity index (χ0) is 15.8. The summed E-state index contributed by atoms with van der Waals surface area (Å²) in [5, 5.41) is 12.7. The number of thiophene rings is 1. The van der Waals surface area contributed by atoms with Crippen molar-refractivity contribution in [2.45, 2.75) is 25.8 Å². The molecular formula is C15H16ClNO3S. The maximum atomic E-state index is 12.3. The summed E-state index contributed by atoms with van der Waals surface area (Å²) in [7, 11) is 1.51. The number of aliphatic carboxylic acids is 1. The number of fused-ring (bicyclic) bond motifs is 1. The van der Waals surface area contributed by atoms with Crippen molar-refractivity contribution < 1.29 is 14.7 Å². The second-order valence-electron chi connectivity index (χ2n) is 5.40. The fourth-order valence-electron chi connectivity index (χ4n) is 1.93. The van der Waals surface area contributed by atoms with Gasteiger partial charge in [0.05, 0.1) is 6.42 Å². The van der Waals surface area contributed by atoms with Gasteiger partial charge in [0.25, 0.3) is 0 Å². The summed E-state index contributed by atoms with van der Waals surface area (Å²) < 4.78 is 1.06. The molecule has 0 aliphatic rings. The molecule has 0 unspecified atom stereocenters. The lowest BCUT2D eigenvalue weighted by atomic mass is 10.0. The Hall–Kier alpha value is -1.59. The number of nitrogens with zero attached hydrogens (tertiary/aromatic N) is 1. The van der Waals surface area contributed by atoms with Crippen LogP contribution in [-0.4, -0.2) is 34.5 Å². The molecular weight excluding hydrogens is 310 g/mol. The second kappa shape index (κ2) is 5.66. The van der Waals surface area contributed by atoms with Crippen molar-refractivity contribution in [2.24, 2.45) is 0 Å². The molecule has 0 spiro atoms. The van der Waals surface area contributed by atoms with E-state index in [9.17, 15) is 14.7 Å². The summed E-state index contributed by atoms with van der Waals surface area (Å²) in [4.78, 5) is 24.8. The molecule has 0 saturated heterocycles. The normalized spacial score (nSPS) is 11.6. The topological polar surface area (TPSA) is 57.6 Å². The van der Waals surface area contributed by atoms with Crippen LogP contribution in [0.3, 0.4) is 0 Å². The number of halogens is 1. The molecule has 0 radical (unpaired) electrons. The van der Waals surface area contributed by atoms with Gasteiger partial charge >= 0.3 is 5.97 Å². The van der Waals surface area contributed by atoms with Gasteiger partial charge < -0.3 is 10.0 Å². The Labute approximate surface area is 131 Å². The van der Waals surface area contributed by atoms with Crippen molar-refractivity contribution in [3.05, 3.63) is 34.2 Å². The Morgan fingerprint density at radius 1 is 1.38 bits per heavy atom. The van der Waals surface area contributed by atoms with Gasteiger partial charge in [-0.1, -0.05) is 11.6 Å². The molecule has 112 valence electrons. The number of hydrogen-bond acceptors (Lipinski definition) is 3. The minimum Gasteiger partial charge on any atom is -0.480 e. The van der Waals surface area contributed by atoms with Crippen LogP contribution >= 0.6 is 22.9 Å². The van der Waals surface area contributed by atoms with Gasteiger partial charge in [0.2, 0.25) is 5.91 Å². The number of rotatable bonds is 4. The first-order valence-corrected chi connectivity index (χ1v) is 7.65. The molecule has 1 heterocycles. The number of carboxylic acids is 1. The maximum Gasteiger partial charge on any atom is 0.329 e. The highest BCUT2D eigenvalue weighted by molar-refractivity contribution is 7.17. The third-order valence-corrected chi connectivity index (χ3v) is 4.94. The van der Waals surface area contributed by atoms with Gasteiger partial charge in [-0.2, -0.15) is 0 Å². The third kappa shape index (κ3) is 3.04. The van der Waals surface area contributed by atoms with E-state index in [-0.39, 0.29) is 12.3 Å². The predicted molar refractivity (Wildman–Crippen MR) is 85.0 cm³/mol. The zero-order valence-electron chi connectivity index (χ0n) is 12.0. The van der Waals surface area contributed by atoms with Gasteiger partial charge in [-0.05, 0) is 48.4 Å². The Kier molecular flexibility index (Phi) is 4.25. The molecule has 1 amide bonds. The minimum atomic E-state index is -1.24. The van der Waals surface area contributed by atoms with Crippen molar-refractivity contribution in [3.8, 4) is 0 Å². The minimum absolute atomic E-state index is 0.160. The van der Waals surface area contributed by atoms with Crippen molar-refractivity contribution in [1.29, 1.82) is 0 Å². The molecule has 0 bridgehead atoms. The zero-order valence-corrected chi connectivity index (χ0v) is 13.6. The van der Waals surface area contributed by atoms with Crippen molar-refractivity contribution in [1.82, 2.24) is 4.90 Å². The van der Waals surface area contributed by atoms with Crippen LogP contribution in [-0.2, 0) is 16.0 Å². The number of benzene rings is 1. The number of carbonyl (C=O) groups excluding carboxylic acids is 1. The van der Waals surface area contributed by atoms with Crippen LogP contribution in [0.4, 0.5) is 0 Å². The van der Waals surface area contributed by atoms with E-state index in [0.29, 0.717) is 5.02 Å². The number of likely N-dealkylation sites (N-methyl/N-ethyl adjacent to an activating group) is 1. The molecule has 4 nitrogen and oxygen atoms in total. The van der Waals surface area contributed by atoms with E-state index >= 15 is 0 Å². The Balaban J connectivity index is 2.26.